The summed E-state index contributed by atoms with van der Waals surface area (Å²) in [5.74, 6) is -1.06. The van der Waals surface area contributed by atoms with Gasteiger partial charge in [0.15, 0.2) is 0 Å². The average molecular weight is 486 g/mol. The molecule has 0 bridgehead atoms. The van der Waals surface area contributed by atoms with Crippen molar-refractivity contribution in [1.29, 1.82) is 0 Å². The van der Waals surface area contributed by atoms with Crippen LogP contribution in [0.15, 0.2) is 48.5 Å². The third-order valence-electron chi connectivity index (χ3n) is 8.48. The number of para-hydroxylation sites is 2. The lowest BCUT2D eigenvalue weighted by Gasteiger charge is -2.41. The molecule has 0 radical (unpaired) electrons. The molecule has 3 aliphatic rings. The Bertz CT molecular complexity index is 1340. The molecule has 2 aliphatic heterocycles. The molecule has 6 rings (SSSR count). The lowest BCUT2D eigenvalue weighted by atomic mass is 9.67. The van der Waals surface area contributed by atoms with E-state index in [0.717, 1.165) is 35.3 Å². The zero-order chi connectivity index (χ0) is 24.8. The lowest BCUT2D eigenvalue weighted by molar-refractivity contribution is -0.158. The largest absolute Gasteiger partial charge is 0.469 e. The number of nitrogens with zero attached hydrogens (tertiary/aromatic N) is 3. The molecule has 3 heterocycles. The maximum atomic E-state index is 12.9. The number of carbonyl (C=O) groups excluding carboxylic acids is 1. The fourth-order valence-corrected chi connectivity index (χ4v) is 6.82. The second-order valence-corrected chi connectivity index (χ2v) is 10.3. The monoisotopic (exact) mass is 485 g/mol. The summed E-state index contributed by atoms with van der Waals surface area (Å²) >= 11 is 0. The molecule has 1 aromatic heterocycles. The fraction of sp³-hybridized carbons (Fsp3) is 0.448. The Balaban J connectivity index is 1.57. The van der Waals surface area contributed by atoms with Gasteiger partial charge in [0.2, 0.25) is 0 Å². The minimum Gasteiger partial charge on any atom is -0.469 e. The first-order valence-corrected chi connectivity index (χ1v) is 12.8. The van der Waals surface area contributed by atoms with Crippen molar-refractivity contribution in [2.75, 3.05) is 20.2 Å². The molecule has 5 atom stereocenters. The number of fused-ring (bicyclic) bond motifs is 6. The number of methoxy groups -OCH3 is 1. The highest BCUT2D eigenvalue weighted by atomic mass is 16.5. The number of hydrogen-bond donors (Lipinski definition) is 1. The predicted octanol–water partition coefficient (Wildman–Crippen LogP) is 4.46. The van der Waals surface area contributed by atoms with Crippen molar-refractivity contribution in [3.63, 3.8) is 0 Å². The van der Waals surface area contributed by atoms with Crippen LogP contribution in [0.1, 0.15) is 42.2 Å². The van der Waals surface area contributed by atoms with E-state index >= 15 is 0 Å². The molecule has 0 unspecified atom stereocenters. The van der Waals surface area contributed by atoms with E-state index in [1.807, 2.05) is 11.1 Å². The summed E-state index contributed by atoms with van der Waals surface area (Å²) in [7, 11) is 1.39. The second-order valence-electron chi connectivity index (χ2n) is 10.3. The topological polar surface area (TPSA) is 68.3 Å². The molecule has 3 aromatic rings. The minimum atomic E-state index is -0.753. The van der Waals surface area contributed by atoms with Gasteiger partial charge in [-0.2, -0.15) is 11.5 Å². The Kier molecular flexibility index (Phi) is 5.94. The molecule has 1 fully saturated rings. The molecule has 7 heteroatoms. The number of esters is 1. The maximum absolute atomic E-state index is 12.9. The Labute approximate surface area is 211 Å². The molecule has 0 spiro atoms. The highest BCUT2D eigenvalue weighted by Crippen LogP contribution is 2.47. The van der Waals surface area contributed by atoms with E-state index in [9.17, 15) is 9.90 Å². The van der Waals surface area contributed by atoms with Gasteiger partial charge >= 0.3 is 5.97 Å². The summed E-state index contributed by atoms with van der Waals surface area (Å²) < 4.78 is 14.2. The third-order valence-corrected chi connectivity index (χ3v) is 8.48. The molecule has 1 N–H and O–H groups in total. The van der Waals surface area contributed by atoms with Crippen molar-refractivity contribution in [2.45, 2.75) is 44.5 Å². The molecular weight excluding hydrogens is 454 g/mol. The van der Waals surface area contributed by atoms with E-state index in [-0.39, 0.29) is 23.9 Å². The van der Waals surface area contributed by atoms with Gasteiger partial charge in [-0.3, -0.25) is 4.79 Å². The Morgan fingerprint density at radius 3 is 2.81 bits per heavy atom. The highest BCUT2D eigenvalue weighted by Gasteiger charge is 2.47. The van der Waals surface area contributed by atoms with Crippen molar-refractivity contribution in [2.24, 2.45) is 17.8 Å². The van der Waals surface area contributed by atoms with Crippen LogP contribution in [0.3, 0.4) is 0 Å². The number of aromatic nitrogens is 1. The molecule has 1 saturated carbocycles. The zero-order valence-electron chi connectivity index (χ0n) is 20.5. The van der Waals surface area contributed by atoms with Crippen LogP contribution in [0, 0.1) is 24.3 Å². The highest BCUT2D eigenvalue weighted by molar-refractivity contribution is 5.88. The van der Waals surface area contributed by atoms with Gasteiger partial charge < -0.3 is 19.1 Å². The van der Waals surface area contributed by atoms with Crippen LogP contribution in [0.4, 0.5) is 0 Å². The van der Waals surface area contributed by atoms with Gasteiger partial charge in [-0.15, -0.1) is 5.01 Å². The molecule has 2 aromatic carbocycles. The van der Waals surface area contributed by atoms with Crippen LogP contribution in [0.2, 0.25) is 0 Å². The van der Waals surface area contributed by atoms with Crippen molar-refractivity contribution in [1.82, 2.24) is 9.58 Å². The number of aliphatic hydroxyl groups is 1. The number of carbonyl (C=O) groups is 1. The molecule has 7 nitrogen and oxygen atoms in total. The third kappa shape index (κ3) is 3.68. The molecular formula is C29H31N3O4. The fourth-order valence-electron chi connectivity index (χ4n) is 6.82. The van der Waals surface area contributed by atoms with Crippen LogP contribution in [-0.4, -0.2) is 47.0 Å². The van der Waals surface area contributed by atoms with Gasteiger partial charge in [-0.05, 0) is 55.2 Å². The van der Waals surface area contributed by atoms with Gasteiger partial charge in [0.1, 0.15) is 0 Å². The molecule has 0 saturated heterocycles. The Morgan fingerprint density at radius 1 is 1.17 bits per heavy atom. The number of hydrogen-bond acceptors (Lipinski definition) is 5. The van der Waals surface area contributed by atoms with Gasteiger partial charge in [0.25, 0.3) is 0 Å². The SMILES string of the molecule is [C-]#[N+]N1CCc2c3n(c4ccccc24)-c2ccccc2CO[C@H]3C[C@@H]2[C@@H](CC[C@H](O)[C@@H]2C(=O)OC)C1. The predicted molar refractivity (Wildman–Crippen MR) is 135 cm³/mol. The van der Waals surface area contributed by atoms with Crippen LogP contribution >= 0.6 is 0 Å². The van der Waals surface area contributed by atoms with Crippen LogP contribution in [-0.2, 0) is 27.3 Å². The number of aliphatic hydroxyl groups excluding tert-OH is 1. The molecule has 36 heavy (non-hydrogen) atoms. The summed E-state index contributed by atoms with van der Waals surface area (Å²) in [5.41, 5.74) is 5.67. The standard InChI is InChI=1S/C29H31N3O4/c1-30-31-14-13-21-20-8-4-6-10-24(20)32-23-9-5-3-7-19(23)17-36-26(28(21)32)15-22-18(16-31)11-12-25(33)27(22)29(34)35-2/h3-10,18,22,25-27,33H,11-17H2,2H3/t18-,22+,25-,26-,27+/m0/s1. The minimum absolute atomic E-state index is 0.0974. The number of benzene rings is 2. The van der Waals surface area contributed by atoms with Crippen LogP contribution < -0.4 is 0 Å². The van der Waals surface area contributed by atoms with E-state index < -0.39 is 12.0 Å². The average Bonchev–Trinajstić information content (AvgIpc) is 3.14. The lowest BCUT2D eigenvalue weighted by Crippen LogP contribution is -2.47. The molecule has 186 valence electrons. The summed E-state index contributed by atoms with van der Waals surface area (Å²) in [5, 5.41) is 13.9. The molecule has 1 aliphatic carbocycles. The van der Waals surface area contributed by atoms with Crippen LogP contribution in [0.5, 0.6) is 0 Å². The summed E-state index contributed by atoms with van der Waals surface area (Å²) in [6, 6.07) is 16.8. The van der Waals surface area contributed by atoms with Crippen molar-refractivity contribution in [3.05, 3.63) is 76.9 Å². The van der Waals surface area contributed by atoms with Crippen molar-refractivity contribution in [3.8, 4) is 5.69 Å². The van der Waals surface area contributed by atoms with E-state index in [0.29, 0.717) is 32.5 Å². The zero-order valence-corrected chi connectivity index (χ0v) is 20.5. The van der Waals surface area contributed by atoms with E-state index in [2.05, 4.69) is 52.0 Å². The second kappa shape index (κ2) is 9.27. The molecule has 0 amide bonds. The van der Waals surface area contributed by atoms with Gasteiger partial charge in [-0.1, -0.05) is 36.4 Å². The first-order chi connectivity index (χ1) is 17.6. The first kappa shape index (κ1) is 23.1. The van der Waals surface area contributed by atoms with E-state index in [1.165, 1.54) is 18.1 Å². The smallest absolute Gasteiger partial charge is 0.311 e. The Hall–Kier alpha value is -3.34. The Morgan fingerprint density at radius 2 is 1.97 bits per heavy atom. The van der Waals surface area contributed by atoms with Gasteiger partial charge in [0.05, 0.1) is 61.8 Å². The number of rotatable bonds is 1. The first-order valence-electron chi connectivity index (χ1n) is 12.8. The summed E-state index contributed by atoms with van der Waals surface area (Å²) in [4.78, 5) is 16.8. The summed E-state index contributed by atoms with van der Waals surface area (Å²) in [6.07, 6.45) is 1.64. The van der Waals surface area contributed by atoms with Gasteiger partial charge in [-0.25, -0.2) is 0 Å². The van der Waals surface area contributed by atoms with Gasteiger partial charge in [0, 0.05) is 10.9 Å². The summed E-state index contributed by atoms with van der Waals surface area (Å²) in [6.45, 7) is 9.52. The maximum Gasteiger partial charge on any atom is 0.311 e. The van der Waals surface area contributed by atoms with E-state index in [4.69, 9.17) is 16.0 Å². The quantitative estimate of drug-likeness (QED) is 0.407. The van der Waals surface area contributed by atoms with E-state index in [1.54, 1.807) is 0 Å². The number of ether oxygens (including phenoxy) is 2. The van der Waals surface area contributed by atoms with Crippen molar-refractivity contribution >= 4 is 16.9 Å². The van der Waals surface area contributed by atoms with Crippen LogP contribution in [0.25, 0.3) is 21.5 Å². The van der Waals surface area contributed by atoms with Crippen molar-refractivity contribution < 1.29 is 19.4 Å². The normalized spacial score (nSPS) is 27.7.